The Hall–Kier alpha value is -8.60. The van der Waals surface area contributed by atoms with Crippen LogP contribution in [0.1, 0.15) is 169 Å². The summed E-state index contributed by atoms with van der Waals surface area (Å²) in [6.45, 7) is 33.1. The second-order valence-electron chi connectivity index (χ2n) is 32.2. The van der Waals surface area contributed by atoms with Crippen molar-refractivity contribution in [3.63, 3.8) is 0 Å². The molecule has 5 aliphatic rings. The highest BCUT2D eigenvalue weighted by molar-refractivity contribution is 9.08. The minimum absolute atomic E-state index is 0.0556. The van der Waals surface area contributed by atoms with Crippen molar-refractivity contribution >= 4 is 45.6 Å². The number of pyridine rings is 5. The molecule has 1 amide bonds. The summed E-state index contributed by atoms with van der Waals surface area (Å²) in [6.07, 6.45) is 5.79. The van der Waals surface area contributed by atoms with E-state index in [1.165, 1.54) is 77.0 Å². The molecule has 29 nitrogen and oxygen atoms in total. The molecule has 0 unspecified atom stereocenters. The normalized spacial score (nSPS) is 20.4. The molecule has 2 aliphatic carbocycles. The van der Waals surface area contributed by atoms with E-state index in [1.54, 1.807) is 26.3 Å². The van der Waals surface area contributed by atoms with Gasteiger partial charge in [0.05, 0.1) is 138 Å². The molecule has 3 saturated heterocycles. The Morgan fingerprint density at radius 3 is 1.39 bits per heavy atom. The zero-order valence-corrected chi connectivity index (χ0v) is 73.6. The number of amides is 1. The van der Waals surface area contributed by atoms with E-state index >= 15 is 0 Å². The van der Waals surface area contributed by atoms with Gasteiger partial charge in [0.25, 0.3) is 0 Å². The van der Waals surface area contributed by atoms with Crippen LogP contribution in [0.4, 0.5) is 16.4 Å². The van der Waals surface area contributed by atoms with Crippen molar-refractivity contribution in [1.82, 2.24) is 59.6 Å². The number of β-amino-alcohol motifs (C(OH)–C–C–N with tert-alkyl or cyclic N) is 2. The number of likely N-dealkylation sites (tertiary alicyclic amines) is 1. The first-order chi connectivity index (χ1) is 56.1. The summed E-state index contributed by atoms with van der Waals surface area (Å²) in [5.74, 6) is 3.99. The molecule has 12 N–H and O–H groups in total. The molecule has 13 rings (SSSR count). The molecule has 2 saturated carbocycles. The number of ether oxygens (including phenoxy) is 7. The van der Waals surface area contributed by atoms with E-state index in [1.807, 2.05) is 38.1 Å². The third-order valence-corrected chi connectivity index (χ3v) is 20.9. The van der Waals surface area contributed by atoms with E-state index in [9.17, 15) is 19.5 Å². The van der Waals surface area contributed by atoms with E-state index < -0.39 is 23.9 Å². The molecular formula is C88H129BrN14O15. The van der Waals surface area contributed by atoms with Crippen molar-refractivity contribution in [2.75, 3.05) is 72.2 Å². The number of nitrogens with two attached hydrogens (primary N) is 2. The van der Waals surface area contributed by atoms with Gasteiger partial charge in [-0.3, -0.25) is 9.59 Å². The maximum Gasteiger partial charge on any atom is 0.410 e. The molecule has 11 heterocycles. The van der Waals surface area contributed by atoms with E-state index in [4.69, 9.17) is 65.6 Å². The Morgan fingerprint density at radius 1 is 0.517 bits per heavy atom. The van der Waals surface area contributed by atoms with Gasteiger partial charge in [-0.1, -0.05) is 15.9 Å². The Labute approximate surface area is 704 Å². The van der Waals surface area contributed by atoms with Crippen LogP contribution in [-0.2, 0) is 74.5 Å². The molecule has 0 bridgehead atoms. The van der Waals surface area contributed by atoms with Gasteiger partial charge in [-0.25, -0.2) is 35.2 Å². The van der Waals surface area contributed by atoms with Crippen molar-refractivity contribution in [1.29, 1.82) is 0 Å². The highest BCUT2D eigenvalue weighted by Crippen LogP contribution is 2.31. The van der Waals surface area contributed by atoms with Gasteiger partial charge < -0.3 is 99.5 Å². The van der Waals surface area contributed by atoms with Crippen molar-refractivity contribution in [3.05, 3.63) is 188 Å². The zero-order chi connectivity index (χ0) is 86.5. The first-order valence-corrected chi connectivity index (χ1v) is 41.6. The van der Waals surface area contributed by atoms with Crippen molar-refractivity contribution in [2.45, 2.75) is 241 Å². The summed E-state index contributed by atoms with van der Waals surface area (Å²) in [5.41, 5.74) is 30.5. The molecule has 8 aromatic heterocycles. The number of alkyl halides is 1. The van der Waals surface area contributed by atoms with Gasteiger partial charge >= 0.3 is 18.0 Å². The predicted octanol–water partition coefficient (Wildman–Crippen LogP) is 11.4. The maximum atomic E-state index is 11.7. The molecule has 5 fully saturated rings. The van der Waals surface area contributed by atoms with Crippen molar-refractivity contribution in [3.8, 4) is 17.5 Å². The fourth-order valence-electron chi connectivity index (χ4n) is 14.9. The van der Waals surface area contributed by atoms with Crippen LogP contribution in [0.5, 0.6) is 0 Å². The molecule has 8 aromatic rings. The number of nitrogens with zero attached hydrogens (tertiary/aromatic N) is 9. The topological polar surface area (TPSA) is 388 Å². The predicted molar refractivity (Wildman–Crippen MR) is 458 cm³/mol. The number of nitrogen functional groups attached to an aromatic ring is 2. The van der Waals surface area contributed by atoms with Crippen LogP contribution in [0, 0.1) is 88.0 Å². The van der Waals surface area contributed by atoms with Gasteiger partial charge in [-0.2, -0.15) is 0 Å². The van der Waals surface area contributed by atoms with Crippen LogP contribution in [0.25, 0.3) is 17.5 Å². The minimum atomic E-state index is -0.560. The number of aromatic nitrogens is 8. The van der Waals surface area contributed by atoms with Crippen LogP contribution < -0.4 is 27.6 Å². The van der Waals surface area contributed by atoms with Crippen molar-refractivity contribution < 1.29 is 73.2 Å². The lowest BCUT2D eigenvalue weighted by Crippen LogP contribution is -2.41. The van der Waals surface area contributed by atoms with Crippen LogP contribution >= 0.6 is 15.9 Å². The smallest absolute Gasteiger partial charge is 0.410 e. The number of aryl methyl sites for hydroxylation is 11. The highest BCUT2D eigenvalue weighted by atomic mass is 79.9. The van der Waals surface area contributed by atoms with E-state index in [0.717, 1.165) is 114 Å². The van der Waals surface area contributed by atoms with Crippen LogP contribution in [-0.4, -0.2) is 202 Å². The van der Waals surface area contributed by atoms with Crippen LogP contribution in [0.3, 0.4) is 0 Å². The van der Waals surface area contributed by atoms with E-state index in [-0.39, 0.29) is 67.4 Å². The standard InChI is InChI=1S/C32H40N4O2.C19H27N5O2.C13H15BrN2.C10H19NO4.C7H12O3.C6H11NO3.CH5NO/c1-21-13-28(33-31(15-21)35-23(3)7-8-24(35)4)19-37-18-27-11-12-30(17-27)38-20-29-14-22(2)16-32(34-29)36-25(5)9-10-26(36)6;1-12-3-15(23-18(20)5-12)10-25-9-14-7-17(8-22-14)26-11-16-4-13(2)6-19(21)24-16;1-9-6-12(8-14)15-13(7-9)16-10(2)4-5-11(16)3;1-10(2,3)15-9(14)11-5-8(13)4-7(11)6-12;1-10-7(9)5-2-3-6(8)4-5;1-10-6(9)5-2-4(8)3-7-5;1-2-3/h7-10,13-16,27,30H,11-12,17-20H2,1-6H3;3-6,14,17,22H,7-11H2,1-2H3,(H2,20,23)(H2,21,24);4-7H,8H2,1-3H3;7-8,12-13H,4-6H2,1-3H3;5-6,8H,2-4H2,1H3;4-5,7-8H,2-3H2,1H3;2-3H,1H3/t27-,30-;14-,17+;;7-,8+;5-,6-;4-,5+;/m00.001./s1. The van der Waals surface area contributed by atoms with Crippen LogP contribution in [0.15, 0.2) is 97.1 Å². The number of esters is 2. The zero-order valence-electron chi connectivity index (χ0n) is 72.0. The summed E-state index contributed by atoms with van der Waals surface area (Å²) in [5, 5.41) is 50.8. The molecule has 3 aliphatic heterocycles. The van der Waals surface area contributed by atoms with E-state index in [2.05, 4.69) is 200 Å². The van der Waals surface area contributed by atoms with Gasteiger partial charge in [0.2, 0.25) is 0 Å². The summed E-state index contributed by atoms with van der Waals surface area (Å²) in [6, 6.07) is 32.8. The number of hydrogen-bond donors (Lipinski definition) is 10. The monoisotopic (exact) mass is 1700 g/mol. The second-order valence-corrected chi connectivity index (χ2v) is 32.7. The Morgan fingerprint density at radius 2 is 0.958 bits per heavy atom. The first-order valence-electron chi connectivity index (χ1n) is 40.5. The van der Waals surface area contributed by atoms with Gasteiger partial charge in [-0.15, -0.1) is 0 Å². The minimum Gasteiger partial charge on any atom is -0.469 e. The molecule has 118 heavy (non-hydrogen) atoms. The number of carbonyl (C=O) groups is 3. The fourth-order valence-corrected chi connectivity index (χ4v) is 15.2. The molecule has 30 heteroatoms. The molecule has 0 spiro atoms. The SMILES string of the molecule is CC(C)(C)OC(=O)N1C[C@H](O)C[C@H]1CO.CNO.COC(=O)[C@@H]1C[C@@H](O)CN1.COC(=O)[C@H]1CC[C@H](O)C1.Cc1cc(CBr)nc(-n2c(C)ccc2C)c1.Cc1cc(COC[C@H]2CC[C@H](OCc3cc(C)cc(-n4c(C)ccc4C)n3)C2)nc(-n2c(C)ccc2C)c1.Cc1cc(N)nc(COC[C@@H]2C[C@@H](OCc3cc(C)cc(N)n3)CN2)c1. The fraction of sp³-hybridized carbons (Fsp3) is 0.545. The Kier molecular flexibility index (Phi) is 38.8. The highest BCUT2D eigenvalue weighted by Gasteiger charge is 2.37. The summed E-state index contributed by atoms with van der Waals surface area (Å²) in [4.78, 5) is 57.6. The number of hydrogen-bond acceptors (Lipinski definition) is 25. The average molecular weight is 1700 g/mol. The Balaban J connectivity index is 0.000000208. The summed E-state index contributed by atoms with van der Waals surface area (Å²) >= 11 is 3.45. The van der Waals surface area contributed by atoms with Gasteiger partial charge in [0, 0.05) is 72.1 Å². The second kappa shape index (κ2) is 47.4. The maximum absolute atomic E-state index is 11.7. The quantitative estimate of drug-likeness (QED) is 0.0138. The molecule has 648 valence electrons. The van der Waals surface area contributed by atoms with E-state index in [0.29, 0.717) is 76.4 Å². The van der Waals surface area contributed by atoms with Gasteiger partial charge in [-0.05, 0) is 279 Å². The first kappa shape index (κ1) is 96.5. The number of carbonyl (C=O) groups excluding carboxylic acids is 3. The third kappa shape index (κ3) is 31.2. The molecule has 0 aromatic carbocycles. The van der Waals surface area contributed by atoms with Crippen molar-refractivity contribution in [2.24, 2.45) is 11.8 Å². The number of hydroxylamine groups is 1. The largest absolute Gasteiger partial charge is 0.469 e. The lowest BCUT2D eigenvalue weighted by atomic mass is 10.1. The lowest BCUT2D eigenvalue weighted by Gasteiger charge is -2.27. The summed E-state index contributed by atoms with van der Waals surface area (Å²) in [7, 11) is 4.15. The van der Waals surface area contributed by atoms with Gasteiger partial charge in [0.15, 0.2) is 0 Å². The number of nitrogens with one attached hydrogen (secondary N) is 3. The summed E-state index contributed by atoms with van der Waals surface area (Å²) < 4.78 is 45.0. The molecule has 0 radical (unpaired) electrons. The number of aliphatic hydroxyl groups excluding tert-OH is 4. The number of halogens is 1. The number of methoxy groups -OCH3 is 2. The Bertz CT molecular complexity index is 4340. The number of aliphatic hydroxyl groups is 4. The van der Waals surface area contributed by atoms with Crippen LogP contribution in [0.2, 0.25) is 0 Å². The third-order valence-electron chi connectivity index (χ3n) is 20.3. The molecular weight excluding hydrogens is 1570 g/mol. The number of rotatable bonds is 21. The van der Waals surface area contributed by atoms with Gasteiger partial charge in [0.1, 0.15) is 40.7 Å². The lowest BCUT2D eigenvalue weighted by molar-refractivity contribution is -0.145. The molecule has 10 atom stereocenters. The average Bonchev–Trinajstić information content (AvgIpc) is 1.57. The number of anilines is 2.